The van der Waals surface area contributed by atoms with E-state index >= 15 is 0 Å². The lowest BCUT2D eigenvalue weighted by Crippen LogP contribution is -2.26. The zero-order valence-corrected chi connectivity index (χ0v) is 13.0. The lowest BCUT2D eigenvalue weighted by atomic mass is 10.3. The van der Waals surface area contributed by atoms with E-state index in [2.05, 4.69) is 28.0 Å². The van der Waals surface area contributed by atoms with Crippen molar-refractivity contribution in [3.8, 4) is 0 Å². The monoisotopic (exact) mass is 322 g/mol. The van der Waals surface area contributed by atoms with Gasteiger partial charge in [0, 0.05) is 5.57 Å². The first-order chi connectivity index (χ1) is 9.70. The van der Waals surface area contributed by atoms with Gasteiger partial charge in [-0.2, -0.15) is 8.42 Å². The summed E-state index contributed by atoms with van der Waals surface area (Å²) in [7, 11) is -3.48. The molecule has 0 saturated carbocycles. The van der Waals surface area contributed by atoms with Crippen LogP contribution in [0.1, 0.15) is 20.3 Å². The van der Waals surface area contributed by atoms with Gasteiger partial charge >= 0.3 is 0 Å². The Hall–Kier alpha value is -1.71. The van der Waals surface area contributed by atoms with Gasteiger partial charge in [0.25, 0.3) is 10.1 Å². The molecule has 21 heavy (non-hydrogen) atoms. The van der Waals surface area contributed by atoms with E-state index < -0.39 is 16.0 Å². The summed E-state index contributed by atoms with van der Waals surface area (Å²) in [4.78, 5) is 20.9. The molecule has 0 aliphatic heterocycles. The zero-order chi connectivity index (χ0) is 16.9. The molecule has 0 bridgehead atoms. The van der Waals surface area contributed by atoms with Crippen molar-refractivity contribution in [2.24, 2.45) is 0 Å². The number of rotatable bonds is 8. The van der Waals surface area contributed by atoms with Crippen molar-refractivity contribution >= 4 is 21.9 Å². The van der Waals surface area contributed by atoms with Crippen molar-refractivity contribution < 1.29 is 27.3 Å². The summed E-state index contributed by atoms with van der Waals surface area (Å²) in [5, 5.41) is 12.5. The molecule has 0 aromatic heterocycles. The van der Waals surface area contributed by atoms with E-state index in [-0.39, 0.29) is 25.1 Å². The SMILES string of the molecule is C=C(C)C(=O)NCO.C=CC(=O)NCOS(=O)(=O)CCC. The minimum Gasteiger partial charge on any atom is -0.376 e. The summed E-state index contributed by atoms with van der Waals surface area (Å²) in [5.41, 5.74) is 0.402. The van der Waals surface area contributed by atoms with Crippen LogP contribution in [0.15, 0.2) is 24.8 Å². The first kappa shape index (κ1) is 21.6. The maximum absolute atomic E-state index is 10.9. The highest BCUT2D eigenvalue weighted by Gasteiger charge is 2.08. The van der Waals surface area contributed by atoms with Gasteiger partial charge in [0.1, 0.15) is 13.5 Å². The quantitative estimate of drug-likeness (QED) is 0.318. The van der Waals surface area contributed by atoms with Crippen molar-refractivity contribution in [1.82, 2.24) is 10.6 Å². The third-order valence-electron chi connectivity index (χ3n) is 1.75. The molecule has 0 aromatic carbocycles. The Labute approximate surface area is 125 Å². The molecule has 0 saturated heterocycles. The highest BCUT2D eigenvalue weighted by molar-refractivity contribution is 7.86. The fourth-order valence-electron chi connectivity index (χ4n) is 0.794. The van der Waals surface area contributed by atoms with Crippen molar-refractivity contribution in [2.75, 3.05) is 19.2 Å². The molecule has 0 fully saturated rings. The fourth-order valence-corrected chi connectivity index (χ4v) is 1.65. The molecule has 122 valence electrons. The molecule has 9 heteroatoms. The maximum atomic E-state index is 10.9. The average molecular weight is 322 g/mol. The summed E-state index contributed by atoms with van der Waals surface area (Å²) < 4.78 is 26.2. The van der Waals surface area contributed by atoms with Gasteiger partial charge in [0.2, 0.25) is 11.8 Å². The van der Waals surface area contributed by atoms with Crippen LogP contribution in [0, 0.1) is 0 Å². The Balaban J connectivity index is 0. The molecule has 2 amide bonds. The number of aliphatic hydroxyl groups is 1. The van der Waals surface area contributed by atoms with E-state index in [1.54, 1.807) is 13.8 Å². The van der Waals surface area contributed by atoms with Crippen molar-refractivity contribution in [3.05, 3.63) is 24.8 Å². The first-order valence-electron chi connectivity index (χ1n) is 6.02. The molecule has 0 atom stereocenters. The van der Waals surface area contributed by atoms with Gasteiger partial charge in [-0.05, 0) is 19.4 Å². The minimum atomic E-state index is -3.48. The van der Waals surface area contributed by atoms with Crippen molar-refractivity contribution in [3.63, 3.8) is 0 Å². The van der Waals surface area contributed by atoms with Crippen LogP contribution in [-0.4, -0.2) is 44.6 Å². The van der Waals surface area contributed by atoms with Crippen LogP contribution in [0.4, 0.5) is 0 Å². The largest absolute Gasteiger partial charge is 0.376 e. The molecule has 3 N–H and O–H groups in total. The summed E-state index contributed by atoms with van der Waals surface area (Å²) in [6, 6.07) is 0. The Morgan fingerprint density at radius 3 is 2.24 bits per heavy atom. The molecular weight excluding hydrogens is 300 g/mol. The van der Waals surface area contributed by atoms with Crippen molar-refractivity contribution in [1.29, 1.82) is 0 Å². The summed E-state index contributed by atoms with van der Waals surface area (Å²) >= 11 is 0. The second-order valence-electron chi connectivity index (χ2n) is 3.71. The van der Waals surface area contributed by atoms with E-state index in [0.29, 0.717) is 12.0 Å². The van der Waals surface area contributed by atoms with E-state index in [0.717, 1.165) is 6.08 Å². The van der Waals surface area contributed by atoms with Crippen LogP contribution in [0.2, 0.25) is 0 Å². The Morgan fingerprint density at radius 2 is 1.90 bits per heavy atom. The molecular formula is C12H22N2O6S. The van der Waals surface area contributed by atoms with Crippen LogP contribution in [0.5, 0.6) is 0 Å². The Bertz CT molecular complexity index is 458. The Kier molecular flexibility index (Phi) is 12.4. The van der Waals surface area contributed by atoms with Crippen LogP contribution in [0.25, 0.3) is 0 Å². The predicted molar refractivity (Wildman–Crippen MR) is 78.4 cm³/mol. The molecule has 0 aromatic rings. The van der Waals surface area contributed by atoms with E-state index in [9.17, 15) is 18.0 Å². The maximum Gasteiger partial charge on any atom is 0.269 e. The van der Waals surface area contributed by atoms with E-state index in [1.165, 1.54) is 0 Å². The van der Waals surface area contributed by atoms with Gasteiger partial charge in [-0.3, -0.25) is 9.59 Å². The lowest BCUT2D eigenvalue weighted by molar-refractivity contribution is -0.118. The van der Waals surface area contributed by atoms with E-state index in [4.69, 9.17) is 5.11 Å². The minimum absolute atomic E-state index is 0.0447. The molecule has 0 spiro atoms. The first-order valence-corrected chi connectivity index (χ1v) is 7.59. The molecule has 8 nitrogen and oxygen atoms in total. The number of aliphatic hydroxyl groups excluding tert-OH is 1. The van der Waals surface area contributed by atoms with E-state index in [1.807, 2.05) is 0 Å². The van der Waals surface area contributed by atoms with Gasteiger partial charge < -0.3 is 15.7 Å². The molecule has 0 rings (SSSR count). The van der Waals surface area contributed by atoms with Crippen LogP contribution >= 0.6 is 0 Å². The number of nitrogens with one attached hydrogen (secondary N) is 2. The highest BCUT2D eigenvalue weighted by Crippen LogP contribution is 1.93. The van der Waals surface area contributed by atoms with Gasteiger partial charge in [0.05, 0.1) is 5.75 Å². The second kappa shape index (κ2) is 12.1. The summed E-state index contributed by atoms with van der Waals surface area (Å²) in [6.07, 6.45) is 1.52. The van der Waals surface area contributed by atoms with Gasteiger partial charge in [-0.15, -0.1) is 0 Å². The molecule has 0 radical (unpaired) electrons. The van der Waals surface area contributed by atoms with Gasteiger partial charge in [-0.25, -0.2) is 4.18 Å². The van der Waals surface area contributed by atoms with Gasteiger partial charge in [0.15, 0.2) is 0 Å². The lowest BCUT2D eigenvalue weighted by Gasteiger charge is -2.03. The van der Waals surface area contributed by atoms with Crippen molar-refractivity contribution in [2.45, 2.75) is 20.3 Å². The predicted octanol–water partition coefficient (Wildman–Crippen LogP) is -0.369. The number of amides is 2. The van der Waals surface area contributed by atoms with Crippen LogP contribution < -0.4 is 10.6 Å². The van der Waals surface area contributed by atoms with Gasteiger partial charge in [-0.1, -0.05) is 20.1 Å². The Morgan fingerprint density at radius 1 is 1.33 bits per heavy atom. The number of hydrogen-bond donors (Lipinski definition) is 3. The summed E-state index contributed by atoms with van der Waals surface area (Å²) in [5.74, 6) is -0.823. The second-order valence-corrected chi connectivity index (χ2v) is 5.47. The number of carbonyl (C=O) groups excluding carboxylic acids is 2. The third-order valence-corrected chi connectivity index (χ3v) is 3.14. The topological polar surface area (TPSA) is 122 Å². The number of carbonyl (C=O) groups is 2. The molecule has 0 aliphatic rings. The normalized spacial score (nSPS) is 9.86. The standard InChI is InChI=1S/C7H13NO4S.C5H9NO2/c1-3-5-13(10,11)12-6-8-7(9)4-2;1-4(2)5(8)6-3-7/h4H,2-3,5-6H2,1H3,(H,8,9);7H,1,3H2,2H3,(H,6,8). The smallest absolute Gasteiger partial charge is 0.269 e. The van der Waals surface area contributed by atoms with Crippen LogP contribution in [-0.2, 0) is 23.9 Å². The number of hydrogen-bond acceptors (Lipinski definition) is 6. The summed E-state index contributed by atoms with van der Waals surface area (Å²) in [6.45, 7) is 9.18. The fraction of sp³-hybridized carbons (Fsp3) is 0.500. The molecule has 0 aliphatic carbocycles. The van der Waals surface area contributed by atoms with Crippen LogP contribution in [0.3, 0.4) is 0 Å². The molecule has 0 heterocycles. The zero-order valence-electron chi connectivity index (χ0n) is 12.2. The highest BCUT2D eigenvalue weighted by atomic mass is 32.2. The average Bonchev–Trinajstić information content (AvgIpc) is 2.39. The third kappa shape index (κ3) is 14.5. The molecule has 0 unspecified atom stereocenters.